The molecule has 0 aliphatic heterocycles. The van der Waals surface area contributed by atoms with Crippen molar-refractivity contribution < 1.29 is 9.18 Å². The SMILES string of the molecule is CC(C)NC(=O)CCc1cccc(F)c1. The lowest BCUT2D eigenvalue weighted by Crippen LogP contribution is -2.30. The molecule has 0 bridgehead atoms. The van der Waals surface area contributed by atoms with E-state index in [0.29, 0.717) is 12.8 Å². The Morgan fingerprint density at radius 3 is 2.80 bits per heavy atom. The summed E-state index contributed by atoms with van der Waals surface area (Å²) in [6, 6.07) is 6.50. The summed E-state index contributed by atoms with van der Waals surface area (Å²) in [5, 5.41) is 2.79. The van der Waals surface area contributed by atoms with Gasteiger partial charge in [-0.1, -0.05) is 12.1 Å². The Labute approximate surface area is 89.5 Å². The number of carbonyl (C=O) groups excluding carboxylic acids is 1. The fraction of sp³-hybridized carbons (Fsp3) is 0.417. The molecule has 0 saturated heterocycles. The molecule has 0 fully saturated rings. The first kappa shape index (κ1) is 11.7. The lowest BCUT2D eigenvalue weighted by molar-refractivity contribution is -0.121. The Kier molecular flexibility index (Phi) is 4.28. The first-order chi connectivity index (χ1) is 7.08. The molecule has 0 atom stereocenters. The van der Waals surface area contributed by atoms with E-state index in [-0.39, 0.29) is 17.8 Å². The first-order valence-corrected chi connectivity index (χ1v) is 5.11. The number of hydrogen-bond donors (Lipinski definition) is 1. The molecule has 15 heavy (non-hydrogen) atoms. The molecule has 0 radical (unpaired) electrons. The molecule has 0 unspecified atom stereocenters. The molecular weight excluding hydrogens is 193 g/mol. The van der Waals surface area contributed by atoms with E-state index in [1.807, 2.05) is 19.9 Å². The highest BCUT2D eigenvalue weighted by atomic mass is 19.1. The van der Waals surface area contributed by atoms with Gasteiger partial charge in [-0.15, -0.1) is 0 Å². The fourth-order valence-corrected chi connectivity index (χ4v) is 1.34. The van der Waals surface area contributed by atoms with Gasteiger partial charge in [-0.25, -0.2) is 4.39 Å². The van der Waals surface area contributed by atoms with Crippen LogP contribution >= 0.6 is 0 Å². The molecule has 0 spiro atoms. The summed E-state index contributed by atoms with van der Waals surface area (Å²) in [7, 11) is 0. The number of rotatable bonds is 4. The molecule has 0 aliphatic rings. The topological polar surface area (TPSA) is 29.1 Å². The molecule has 0 saturated carbocycles. The summed E-state index contributed by atoms with van der Waals surface area (Å²) in [4.78, 5) is 11.3. The van der Waals surface area contributed by atoms with Gasteiger partial charge in [0.25, 0.3) is 0 Å². The minimum atomic E-state index is -0.253. The number of halogens is 1. The van der Waals surface area contributed by atoms with E-state index in [0.717, 1.165) is 5.56 Å². The number of amides is 1. The summed E-state index contributed by atoms with van der Waals surface area (Å²) < 4.78 is 12.8. The molecular formula is C12H16FNO. The van der Waals surface area contributed by atoms with Crippen molar-refractivity contribution in [3.63, 3.8) is 0 Å². The van der Waals surface area contributed by atoms with Crippen molar-refractivity contribution >= 4 is 5.91 Å². The molecule has 3 heteroatoms. The summed E-state index contributed by atoms with van der Waals surface area (Å²) >= 11 is 0. The molecule has 1 aromatic rings. The standard InChI is InChI=1S/C12H16FNO/c1-9(2)14-12(15)7-6-10-4-3-5-11(13)8-10/h3-5,8-9H,6-7H2,1-2H3,(H,14,15). The highest BCUT2D eigenvalue weighted by Gasteiger charge is 2.03. The second-order valence-corrected chi connectivity index (χ2v) is 3.85. The van der Waals surface area contributed by atoms with Crippen molar-refractivity contribution in [2.24, 2.45) is 0 Å². The summed E-state index contributed by atoms with van der Waals surface area (Å²) in [6.07, 6.45) is 0.984. The third-order valence-corrected chi connectivity index (χ3v) is 1.98. The van der Waals surface area contributed by atoms with Crippen LogP contribution in [-0.2, 0) is 11.2 Å². The molecule has 0 aromatic heterocycles. The number of benzene rings is 1. The van der Waals surface area contributed by atoms with Crippen molar-refractivity contribution in [2.45, 2.75) is 32.7 Å². The van der Waals surface area contributed by atoms with Crippen molar-refractivity contribution in [2.75, 3.05) is 0 Å². The van der Waals surface area contributed by atoms with E-state index >= 15 is 0 Å². The van der Waals surface area contributed by atoms with Crippen LogP contribution in [0.5, 0.6) is 0 Å². The van der Waals surface area contributed by atoms with Crippen LogP contribution in [0.3, 0.4) is 0 Å². The first-order valence-electron chi connectivity index (χ1n) is 5.11. The zero-order chi connectivity index (χ0) is 11.3. The van der Waals surface area contributed by atoms with Crippen LogP contribution in [0.25, 0.3) is 0 Å². The summed E-state index contributed by atoms with van der Waals surface area (Å²) in [5.74, 6) is -0.244. The highest BCUT2D eigenvalue weighted by molar-refractivity contribution is 5.76. The van der Waals surface area contributed by atoms with Gasteiger partial charge in [0.05, 0.1) is 0 Å². The lowest BCUT2D eigenvalue weighted by Gasteiger charge is -2.07. The number of hydrogen-bond acceptors (Lipinski definition) is 1. The fourth-order valence-electron chi connectivity index (χ4n) is 1.34. The molecule has 0 aliphatic carbocycles. The number of aryl methyl sites for hydroxylation is 1. The Balaban J connectivity index is 2.40. The van der Waals surface area contributed by atoms with Gasteiger partial charge in [0, 0.05) is 12.5 Å². The second kappa shape index (κ2) is 5.49. The Hall–Kier alpha value is -1.38. The van der Waals surface area contributed by atoms with Crippen LogP contribution in [0, 0.1) is 5.82 Å². The minimum absolute atomic E-state index is 0.00858. The predicted molar refractivity (Wildman–Crippen MR) is 58.0 cm³/mol. The molecule has 1 amide bonds. The van der Waals surface area contributed by atoms with Gasteiger partial charge in [-0.2, -0.15) is 0 Å². The van der Waals surface area contributed by atoms with E-state index in [1.54, 1.807) is 6.07 Å². The zero-order valence-electron chi connectivity index (χ0n) is 9.09. The number of carbonyl (C=O) groups is 1. The van der Waals surface area contributed by atoms with E-state index in [2.05, 4.69) is 5.32 Å². The van der Waals surface area contributed by atoms with Gasteiger partial charge in [0.2, 0.25) is 5.91 Å². The molecule has 1 aromatic carbocycles. The van der Waals surface area contributed by atoms with E-state index in [9.17, 15) is 9.18 Å². The quantitative estimate of drug-likeness (QED) is 0.809. The summed E-state index contributed by atoms with van der Waals surface area (Å²) in [6.45, 7) is 3.83. The smallest absolute Gasteiger partial charge is 0.220 e. The van der Waals surface area contributed by atoms with E-state index in [1.165, 1.54) is 12.1 Å². The van der Waals surface area contributed by atoms with E-state index in [4.69, 9.17) is 0 Å². The van der Waals surface area contributed by atoms with Gasteiger partial charge >= 0.3 is 0 Å². The van der Waals surface area contributed by atoms with Crippen LogP contribution in [0.15, 0.2) is 24.3 Å². The van der Waals surface area contributed by atoms with Crippen molar-refractivity contribution in [3.8, 4) is 0 Å². The van der Waals surface area contributed by atoms with Gasteiger partial charge in [-0.05, 0) is 38.0 Å². The third kappa shape index (κ3) is 4.58. The molecule has 1 N–H and O–H groups in total. The second-order valence-electron chi connectivity index (χ2n) is 3.85. The van der Waals surface area contributed by atoms with Crippen LogP contribution in [-0.4, -0.2) is 11.9 Å². The molecule has 0 heterocycles. The van der Waals surface area contributed by atoms with Gasteiger partial charge < -0.3 is 5.32 Å². The van der Waals surface area contributed by atoms with Gasteiger partial charge in [0.15, 0.2) is 0 Å². The van der Waals surface area contributed by atoms with Crippen LogP contribution in [0.4, 0.5) is 4.39 Å². The molecule has 82 valence electrons. The van der Waals surface area contributed by atoms with Crippen molar-refractivity contribution in [3.05, 3.63) is 35.6 Å². The normalized spacial score (nSPS) is 10.4. The van der Waals surface area contributed by atoms with Crippen LogP contribution < -0.4 is 5.32 Å². The van der Waals surface area contributed by atoms with Crippen LogP contribution in [0.2, 0.25) is 0 Å². The van der Waals surface area contributed by atoms with Gasteiger partial charge in [0.1, 0.15) is 5.82 Å². The van der Waals surface area contributed by atoms with Gasteiger partial charge in [-0.3, -0.25) is 4.79 Å². The zero-order valence-corrected chi connectivity index (χ0v) is 9.09. The average Bonchev–Trinajstić information content (AvgIpc) is 2.14. The Morgan fingerprint density at radius 2 is 2.20 bits per heavy atom. The number of nitrogens with one attached hydrogen (secondary N) is 1. The summed E-state index contributed by atoms with van der Waals surface area (Å²) in [5.41, 5.74) is 0.855. The predicted octanol–water partition coefficient (Wildman–Crippen LogP) is 2.28. The maximum atomic E-state index is 12.8. The van der Waals surface area contributed by atoms with Crippen LogP contribution in [0.1, 0.15) is 25.8 Å². The highest BCUT2D eigenvalue weighted by Crippen LogP contribution is 2.06. The maximum absolute atomic E-state index is 12.8. The lowest BCUT2D eigenvalue weighted by atomic mass is 10.1. The average molecular weight is 209 g/mol. The Morgan fingerprint density at radius 1 is 1.47 bits per heavy atom. The monoisotopic (exact) mass is 209 g/mol. The third-order valence-electron chi connectivity index (χ3n) is 1.98. The largest absolute Gasteiger partial charge is 0.354 e. The van der Waals surface area contributed by atoms with Crippen molar-refractivity contribution in [1.29, 1.82) is 0 Å². The maximum Gasteiger partial charge on any atom is 0.220 e. The van der Waals surface area contributed by atoms with Crippen molar-refractivity contribution in [1.82, 2.24) is 5.32 Å². The molecule has 1 rings (SSSR count). The molecule has 2 nitrogen and oxygen atoms in total. The minimum Gasteiger partial charge on any atom is -0.354 e. The van der Waals surface area contributed by atoms with E-state index < -0.39 is 0 Å². The Bertz CT molecular complexity index is 336.